The van der Waals surface area contributed by atoms with Gasteiger partial charge in [-0.05, 0) is 25.2 Å². The Balaban J connectivity index is 4.28. The van der Waals surface area contributed by atoms with Crippen molar-refractivity contribution in [3.8, 4) is 0 Å². The average Bonchev–Trinajstić information content (AvgIpc) is 3.28. The van der Waals surface area contributed by atoms with Gasteiger partial charge in [0.05, 0.1) is 0 Å². The van der Waals surface area contributed by atoms with E-state index in [9.17, 15) is 14.4 Å². The number of hydrogen-bond donors (Lipinski definition) is 0. The van der Waals surface area contributed by atoms with E-state index in [0.717, 1.165) is 63.7 Å². The fraction of sp³-hybridized carbons (Fsp3) is 0.948. The van der Waals surface area contributed by atoms with E-state index in [1.165, 1.54) is 225 Å². The van der Waals surface area contributed by atoms with E-state index in [-0.39, 0.29) is 31.1 Å². The highest BCUT2D eigenvalue weighted by Gasteiger charge is 2.19. The zero-order valence-corrected chi connectivity index (χ0v) is 43.8. The summed E-state index contributed by atoms with van der Waals surface area (Å²) in [4.78, 5) is 38.1. The molecule has 0 amide bonds. The smallest absolute Gasteiger partial charge is 0.306 e. The summed E-state index contributed by atoms with van der Waals surface area (Å²) in [6, 6.07) is 0. The molecule has 380 valence electrons. The second kappa shape index (κ2) is 52.4. The molecule has 0 spiro atoms. The van der Waals surface area contributed by atoms with Gasteiger partial charge < -0.3 is 14.2 Å². The Kier molecular flexibility index (Phi) is 51.1. The second-order valence-electron chi connectivity index (χ2n) is 20.4. The van der Waals surface area contributed by atoms with Crippen molar-refractivity contribution in [1.29, 1.82) is 0 Å². The second-order valence-corrected chi connectivity index (χ2v) is 20.4. The fourth-order valence-electron chi connectivity index (χ4n) is 8.92. The molecule has 6 nitrogen and oxygen atoms in total. The number of hydrogen-bond acceptors (Lipinski definition) is 6. The molecule has 0 unspecified atom stereocenters. The Morgan fingerprint density at radius 1 is 0.297 bits per heavy atom. The number of carbonyl (C=O) groups is 3. The van der Waals surface area contributed by atoms with Crippen LogP contribution in [0.15, 0.2) is 0 Å². The van der Waals surface area contributed by atoms with E-state index in [1.54, 1.807) is 0 Å². The van der Waals surface area contributed by atoms with Crippen LogP contribution >= 0.6 is 0 Å². The Labute approximate surface area is 399 Å². The van der Waals surface area contributed by atoms with E-state index in [2.05, 4.69) is 27.7 Å². The van der Waals surface area contributed by atoms with Crippen LogP contribution in [0.3, 0.4) is 0 Å². The van der Waals surface area contributed by atoms with E-state index >= 15 is 0 Å². The van der Waals surface area contributed by atoms with Gasteiger partial charge in [0.2, 0.25) is 0 Å². The molecule has 6 heteroatoms. The van der Waals surface area contributed by atoms with Gasteiger partial charge in [-0.3, -0.25) is 14.4 Å². The summed E-state index contributed by atoms with van der Waals surface area (Å²) in [6.45, 7) is 9.04. The summed E-state index contributed by atoms with van der Waals surface area (Å²) >= 11 is 0. The minimum atomic E-state index is -0.762. The Bertz CT molecular complexity index is 964. The van der Waals surface area contributed by atoms with Crippen LogP contribution in [0.1, 0.15) is 329 Å². The molecule has 0 aromatic heterocycles. The summed E-state index contributed by atoms with van der Waals surface area (Å²) in [5.41, 5.74) is 0. The fourth-order valence-corrected chi connectivity index (χ4v) is 8.92. The lowest BCUT2D eigenvalue weighted by Crippen LogP contribution is -2.30. The van der Waals surface area contributed by atoms with Crippen molar-refractivity contribution in [2.75, 3.05) is 13.2 Å². The van der Waals surface area contributed by atoms with Crippen molar-refractivity contribution in [3.63, 3.8) is 0 Å². The van der Waals surface area contributed by atoms with Crippen LogP contribution in [0.4, 0.5) is 0 Å². The molecular weight excluding hydrogens is 793 g/mol. The molecule has 1 atom stereocenters. The molecule has 0 aromatic rings. The first-order valence-corrected chi connectivity index (χ1v) is 28.9. The number of ether oxygens (including phenoxy) is 3. The van der Waals surface area contributed by atoms with Crippen LogP contribution in [0.2, 0.25) is 0 Å². The lowest BCUT2D eigenvalue weighted by molar-refractivity contribution is -0.167. The van der Waals surface area contributed by atoms with Crippen molar-refractivity contribution < 1.29 is 28.6 Å². The number of esters is 3. The van der Waals surface area contributed by atoms with E-state index < -0.39 is 6.10 Å². The van der Waals surface area contributed by atoms with E-state index in [1.807, 2.05) is 0 Å². The van der Waals surface area contributed by atoms with Crippen LogP contribution in [0.5, 0.6) is 0 Å². The quantitative estimate of drug-likeness (QED) is 0.0344. The molecule has 0 N–H and O–H groups in total. The standard InChI is InChI=1S/C58H112O6/c1-5-7-9-11-13-15-17-19-21-23-24-26-28-30-34-39-43-47-51-58(61)64-55(53-63-57(60)50-46-42-38-35-31-32-36-40-44-48-54(3)4)52-62-56(59)49-45-41-37-33-29-27-25-22-20-18-16-14-12-10-8-6-2/h54-55H,5-53H2,1-4H3/t55-/m1/s1. The molecule has 0 aliphatic rings. The maximum atomic E-state index is 12.8. The summed E-state index contributed by atoms with van der Waals surface area (Å²) in [7, 11) is 0. The van der Waals surface area contributed by atoms with Crippen LogP contribution in [0.25, 0.3) is 0 Å². The Hall–Kier alpha value is -1.59. The monoisotopic (exact) mass is 905 g/mol. The lowest BCUT2D eigenvalue weighted by Gasteiger charge is -2.18. The van der Waals surface area contributed by atoms with Crippen molar-refractivity contribution in [2.45, 2.75) is 336 Å². The Morgan fingerprint density at radius 2 is 0.516 bits per heavy atom. The molecule has 64 heavy (non-hydrogen) atoms. The third-order valence-corrected chi connectivity index (χ3v) is 13.3. The highest BCUT2D eigenvalue weighted by atomic mass is 16.6. The van der Waals surface area contributed by atoms with Gasteiger partial charge in [0.1, 0.15) is 13.2 Å². The minimum Gasteiger partial charge on any atom is -0.462 e. The first kappa shape index (κ1) is 62.4. The van der Waals surface area contributed by atoms with Gasteiger partial charge in [-0.15, -0.1) is 0 Å². The molecule has 0 fully saturated rings. The lowest BCUT2D eigenvalue weighted by atomic mass is 10.0. The maximum absolute atomic E-state index is 12.8. The number of carbonyl (C=O) groups excluding carboxylic acids is 3. The van der Waals surface area contributed by atoms with Crippen LogP contribution in [-0.4, -0.2) is 37.2 Å². The highest BCUT2D eigenvalue weighted by Crippen LogP contribution is 2.18. The molecule has 0 rings (SSSR count). The Morgan fingerprint density at radius 3 is 0.766 bits per heavy atom. The summed E-state index contributed by atoms with van der Waals surface area (Å²) in [5, 5.41) is 0. The van der Waals surface area contributed by atoms with Gasteiger partial charge >= 0.3 is 17.9 Å². The number of rotatable bonds is 53. The van der Waals surface area contributed by atoms with Gasteiger partial charge in [0.25, 0.3) is 0 Å². The van der Waals surface area contributed by atoms with Crippen molar-refractivity contribution >= 4 is 17.9 Å². The molecule has 0 saturated heterocycles. The van der Waals surface area contributed by atoms with E-state index in [4.69, 9.17) is 14.2 Å². The van der Waals surface area contributed by atoms with Gasteiger partial charge in [-0.1, -0.05) is 291 Å². The summed E-state index contributed by atoms with van der Waals surface area (Å²) < 4.78 is 16.9. The van der Waals surface area contributed by atoms with Gasteiger partial charge in [-0.2, -0.15) is 0 Å². The summed E-state index contributed by atoms with van der Waals surface area (Å²) in [5.74, 6) is -0.0287. The van der Waals surface area contributed by atoms with Crippen molar-refractivity contribution in [3.05, 3.63) is 0 Å². The van der Waals surface area contributed by atoms with Gasteiger partial charge in [-0.25, -0.2) is 0 Å². The predicted octanol–water partition coefficient (Wildman–Crippen LogP) is 19.0. The van der Waals surface area contributed by atoms with Crippen LogP contribution in [-0.2, 0) is 28.6 Å². The zero-order chi connectivity index (χ0) is 46.7. The molecule has 0 aromatic carbocycles. The third kappa shape index (κ3) is 51.4. The van der Waals surface area contributed by atoms with Crippen LogP contribution < -0.4 is 0 Å². The zero-order valence-electron chi connectivity index (χ0n) is 43.8. The topological polar surface area (TPSA) is 78.9 Å². The molecule has 0 aliphatic carbocycles. The normalized spacial score (nSPS) is 12.0. The first-order chi connectivity index (χ1) is 31.4. The minimum absolute atomic E-state index is 0.0622. The first-order valence-electron chi connectivity index (χ1n) is 28.9. The molecule has 0 heterocycles. The van der Waals surface area contributed by atoms with E-state index in [0.29, 0.717) is 19.3 Å². The predicted molar refractivity (Wildman–Crippen MR) is 275 cm³/mol. The maximum Gasteiger partial charge on any atom is 0.306 e. The molecule has 0 radical (unpaired) electrons. The largest absolute Gasteiger partial charge is 0.462 e. The SMILES string of the molecule is CCCCCCCCCCCCCCCCCCCCC(=O)O[C@H](COC(=O)CCCCCCCCCCCCCCCCCC)COC(=O)CCCCCCCCCCCC(C)C. The molecule has 0 saturated carbocycles. The van der Waals surface area contributed by atoms with Gasteiger partial charge in [0, 0.05) is 19.3 Å². The van der Waals surface area contributed by atoms with Gasteiger partial charge in [0.15, 0.2) is 6.10 Å². The van der Waals surface area contributed by atoms with Crippen LogP contribution in [0, 0.1) is 5.92 Å². The number of unbranched alkanes of at least 4 members (excludes halogenated alkanes) is 40. The molecule has 0 aliphatic heterocycles. The van der Waals surface area contributed by atoms with Crippen molar-refractivity contribution in [1.82, 2.24) is 0 Å². The molecule has 0 bridgehead atoms. The molecular formula is C58H112O6. The summed E-state index contributed by atoms with van der Waals surface area (Å²) in [6.07, 6.45) is 56.7. The van der Waals surface area contributed by atoms with Crippen molar-refractivity contribution in [2.24, 2.45) is 5.92 Å². The highest BCUT2D eigenvalue weighted by molar-refractivity contribution is 5.71. The average molecular weight is 906 g/mol. The third-order valence-electron chi connectivity index (χ3n) is 13.3.